The molecule has 2 aromatic carbocycles. The number of hydrogen-bond donors (Lipinski definition) is 1. The van der Waals surface area contributed by atoms with E-state index in [0.29, 0.717) is 29.8 Å². The summed E-state index contributed by atoms with van der Waals surface area (Å²) in [5.74, 6) is -1.50. The Labute approximate surface area is 208 Å². The van der Waals surface area contributed by atoms with Crippen LogP contribution in [0.1, 0.15) is 62.1 Å². The van der Waals surface area contributed by atoms with E-state index in [2.05, 4.69) is 4.98 Å². The van der Waals surface area contributed by atoms with Crippen LogP contribution in [-0.2, 0) is 19.0 Å². The number of carboxylic acids is 1. The molecule has 1 aromatic heterocycles. The number of pyridine rings is 1. The molecule has 0 bridgehead atoms. The number of rotatable bonds is 6. The molecular weight excluding hydrogens is 491 g/mol. The lowest BCUT2D eigenvalue weighted by Gasteiger charge is -2.14. The second-order valence-corrected chi connectivity index (χ2v) is 9.03. The van der Waals surface area contributed by atoms with E-state index in [1.54, 1.807) is 4.90 Å². The molecular formula is C26H20F3N3O5. The molecule has 8 nitrogen and oxygen atoms in total. The Kier molecular flexibility index (Phi) is 5.93. The maximum absolute atomic E-state index is 13.3. The summed E-state index contributed by atoms with van der Waals surface area (Å²) in [6.07, 6.45) is -2.76. The lowest BCUT2D eigenvalue weighted by Crippen LogP contribution is -2.23. The zero-order chi connectivity index (χ0) is 26.5. The number of aromatic nitrogens is 1. The van der Waals surface area contributed by atoms with Gasteiger partial charge in [-0.1, -0.05) is 24.3 Å². The standard InChI is InChI=1S/C26H20F3N3O5/c27-26(28,29)17-10-3-14(4-11-17)5-12-18-23(32(36)37)20(15-6-8-16(9-7-15)25(34)35)21-22(30-18)19-2-1-13-31(19)24(21)33/h3-4,6-11,19H,1-2,5,12-13H2,(H,34,35)/t19-/m0/s1. The highest BCUT2D eigenvalue weighted by Crippen LogP contribution is 2.47. The van der Waals surface area contributed by atoms with Crippen LogP contribution in [0.3, 0.4) is 0 Å². The molecule has 0 radical (unpaired) electrons. The first kappa shape index (κ1) is 24.4. The van der Waals surface area contributed by atoms with E-state index in [9.17, 15) is 38.0 Å². The molecule has 0 aliphatic carbocycles. The van der Waals surface area contributed by atoms with Crippen LogP contribution in [0, 0.1) is 10.1 Å². The molecule has 1 fully saturated rings. The quantitative estimate of drug-likeness (QED) is 0.348. The van der Waals surface area contributed by atoms with Crippen molar-refractivity contribution in [3.63, 3.8) is 0 Å². The Balaban J connectivity index is 1.61. The maximum atomic E-state index is 13.3. The summed E-state index contributed by atoms with van der Waals surface area (Å²) in [5, 5.41) is 21.6. The third-order valence-electron chi connectivity index (χ3n) is 6.85. The largest absolute Gasteiger partial charge is 0.478 e. The van der Waals surface area contributed by atoms with Gasteiger partial charge in [-0.25, -0.2) is 9.78 Å². The maximum Gasteiger partial charge on any atom is 0.416 e. The van der Waals surface area contributed by atoms with Gasteiger partial charge in [0, 0.05) is 13.0 Å². The molecule has 11 heteroatoms. The molecule has 1 amide bonds. The second-order valence-electron chi connectivity index (χ2n) is 9.03. The molecule has 190 valence electrons. The average molecular weight is 511 g/mol. The highest BCUT2D eigenvalue weighted by molar-refractivity contribution is 6.07. The number of alkyl halides is 3. The van der Waals surface area contributed by atoms with Crippen LogP contribution in [-0.4, -0.2) is 38.3 Å². The summed E-state index contributed by atoms with van der Waals surface area (Å²) in [6.45, 7) is 0.506. The third-order valence-corrected chi connectivity index (χ3v) is 6.85. The van der Waals surface area contributed by atoms with Gasteiger partial charge < -0.3 is 10.0 Å². The fourth-order valence-electron chi connectivity index (χ4n) is 5.09. The van der Waals surface area contributed by atoms with Gasteiger partial charge in [-0.05, 0) is 54.7 Å². The van der Waals surface area contributed by atoms with Crippen molar-refractivity contribution in [2.45, 2.75) is 37.9 Å². The Morgan fingerprint density at radius 2 is 1.76 bits per heavy atom. The predicted octanol–water partition coefficient (Wildman–Crippen LogP) is 5.45. The smallest absolute Gasteiger partial charge is 0.416 e. The Morgan fingerprint density at radius 1 is 1.08 bits per heavy atom. The highest BCUT2D eigenvalue weighted by atomic mass is 19.4. The number of fused-ring (bicyclic) bond motifs is 3. The van der Waals surface area contributed by atoms with Gasteiger partial charge in [0.05, 0.1) is 38.9 Å². The molecule has 37 heavy (non-hydrogen) atoms. The number of aromatic carboxylic acids is 1. The molecule has 0 saturated carbocycles. The Hall–Kier alpha value is -4.28. The van der Waals surface area contributed by atoms with Crippen LogP contribution >= 0.6 is 0 Å². The molecule has 0 spiro atoms. The van der Waals surface area contributed by atoms with E-state index in [0.717, 1.165) is 18.6 Å². The number of amides is 1. The summed E-state index contributed by atoms with van der Waals surface area (Å²) >= 11 is 0. The fourth-order valence-corrected chi connectivity index (χ4v) is 5.09. The van der Waals surface area contributed by atoms with Crippen molar-refractivity contribution in [1.29, 1.82) is 0 Å². The number of carbonyl (C=O) groups excluding carboxylic acids is 1. The first-order valence-electron chi connectivity index (χ1n) is 11.6. The lowest BCUT2D eigenvalue weighted by molar-refractivity contribution is -0.385. The van der Waals surface area contributed by atoms with Gasteiger partial charge in [0.2, 0.25) is 0 Å². The molecule has 5 rings (SSSR count). The molecule has 3 heterocycles. The van der Waals surface area contributed by atoms with Crippen LogP contribution in [0.25, 0.3) is 11.1 Å². The lowest BCUT2D eigenvalue weighted by atomic mass is 9.92. The average Bonchev–Trinajstić information content (AvgIpc) is 3.44. The van der Waals surface area contributed by atoms with Crippen LogP contribution in [0.15, 0.2) is 48.5 Å². The van der Waals surface area contributed by atoms with Crippen molar-refractivity contribution in [2.75, 3.05) is 6.54 Å². The minimum Gasteiger partial charge on any atom is -0.478 e. The molecule has 0 unspecified atom stereocenters. The predicted molar refractivity (Wildman–Crippen MR) is 125 cm³/mol. The highest BCUT2D eigenvalue weighted by Gasteiger charge is 2.45. The number of benzene rings is 2. The van der Waals surface area contributed by atoms with Crippen LogP contribution in [0.4, 0.5) is 18.9 Å². The molecule has 3 aromatic rings. The van der Waals surface area contributed by atoms with E-state index >= 15 is 0 Å². The second kappa shape index (κ2) is 8.99. The number of carboxylic acid groups (broad SMARTS) is 1. The van der Waals surface area contributed by atoms with Crippen LogP contribution in [0.2, 0.25) is 0 Å². The number of aryl methyl sites for hydroxylation is 2. The summed E-state index contributed by atoms with van der Waals surface area (Å²) in [5.41, 5.74) is 0.540. The first-order valence-corrected chi connectivity index (χ1v) is 11.6. The van der Waals surface area contributed by atoms with Crippen molar-refractivity contribution in [2.24, 2.45) is 0 Å². The van der Waals surface area contributed by atoms with E-state index in [1.807, 2.05) is 0 Å². The first-order chi connectivity index (χ1) is 17.6. The number of halogens is 3. The van der Waals surface area contributed by atoms with Crippen molar-refractivity contribution in [3.05, 3.63) is 92.3 Å². The fraction of sp³-hybridized carbons (Fsp3) is 0.269. The summed E-state index contributed by atoms with van der Waals surface area (Å²) in [7, 11) is 0. The van der Waals surface area contributed by atoms with Crippen LogP contribution in [0.5, 0.6) is 0 Å². The molecule has 2 aliphatic rings. The molecule has 2 aliphatic heterocycles. The summed E-state index contributed by atoms with van der Waals surface area (Å²) < 4.78 is 38.7. The van der Waals surface area contributed by atoms with Gasteiger partial charge in [0.1, 0.15) is 5.69 Å². The number of nitro groups is 1. The van der Waals surface area contributed by atoms with Gasteiger partial charge >= 0.3 is 12.1 Å². The van der Waals surface area contributed by atoms with E-state index < -0.39 is 22.6 Å². The number of hydrogen-bond acceptors (Lipinski definition) is 5. The van der Waals surface area contributed by atoms with Crippen molar-refractivity contribution in [1.82, 2.24) is 9.88 Å². The topological polar surface area (TPSA) is 114 Å². The van der Waals surface area contributed by atoms with E-state index in [1.165, 1.54) is 36.4 Å². The number of nitrogens with zero attached hydrogens (tertiary/aromatic N) is 3. The molecule has 1 atom stereocenters. The minimum atomic E-state index is -4.47. The van der Waals surface area contributed by atoms with Gasteiger partial charge in [-0.15, -0.1) is 0 Å². The van der Waals surface area contributed by atoms with Crippen LogP contribution < -0.4 is 0 Å². The Morgan fingerprint density at radius 3 is 2.35 bits per heavy atom. The molecule has 1 saturated heterocycles. The van der Waals surface area contributed by atoms with Crippen molar-refractivity contribution >= 4 is 17.6 Å². The zero-order valence-corrected chi connectivity index (χ0v) is 19.3. The zero-order valence-electron chi connectivity index (χ0n) is 19.3. The normalized spacial score (nSPS) is 16.6. The van der Waals surface area contributed by atoms with Crippen molar-refractivity contribution in [3.8, 4) is 11.1 Å². The molecule has 1 N–H and O–H groups in total. The van der Waals surface area contributed by atoms with Gasteiger partial charge in [-0.3, -0.25) is 14.9 Å². The van der Waals surface area contributed by atoms with Gasteiger partial charge in [0.25, 0.3) is 11.6 Å². The van der Waals surface area contributed by atoms with Gasteiger partial charge in [0.15, 0.2) is 0 Å². The summed E-state index contributed by atoms with van der Waals surface area (Å²) in [6, 6.07) is 9.78. The van der Waals surface area contributed by atoms with Crippen molar-refractivity contribution < 1.29 is 32.8 Å². The Bertz CT molecular complexity index is 1420. The van der Waals surface area contributed by atoms with Gasteiger partial charge in [-0.2, -0.15) is 13.2 Å². The number of carbonyl (C=O) groups is 2. The summed E-state index contributed by atoms with van der Waals surface area (Å²) in [4.78, 5) is 42.6. The SMILES string of the molecule is O=C(O)c1ccc(-c2c3c(nc(CCc4ccc(C(F)(F)F)cc4)c2[N+](=O)[O-])[C@@H]2CCCN2C3=O)cc1. The van der Waals surface area contributed by atoms with E-state index in [-0.39, 0.29) is 52.9 Å². The van der Waals surface area contributed by atoms with E-state index in [4.69, 9.17) is 0 Å². The third kappa shape index (κ3) is 4.30. The monoisotopic (exact) mass is 511 g/mol. The minimum absolute atomic E-state index is 0.00780.